The SMILES string of the molecule is Fc1cccc(-c2cncc3[nH]c(-c4n[nH]c5ccc(-c6cccc(CN7CCC7)c6)cc45)nc23)c1. The summed E-state index contributed by atoms with van der Waals surface area (Å²) in [5, 5.41) is 8.70. The number of benzene rings is 3. The highest BCUT2D eigenvalue weighted by atomic mass is 19.1. The summed E-state index contributed by atoms with van der Waals surface area (Å²) < 4.78 is 13.9. The van der Waals surface area contributed by atoms with Gasteiger partial charge in [-0.1, -0.05) is 36.4 Å². The lowest BCUT2D eigenvalue weighted by atomic mass is 10.0. The third-order valence-corrected chi connectivity index (χ3v) is 6.93. The highest BCUT2D eigenvalue weighted by molar-refractivity contribution is 5.98. The molecule has 1 aliphatic heterocycles. The molecule has 3 aromatic heterocycles. The molecule has 0 atom stereocenters. The molecule has 0 unspecified atom stereocenters. The number of halogens is 1. The Kier molecular flexibility index (Phi) is 4.89. The normalized spacial score (nSPS) is 13.9. The lowest BCUT2D eigenvalue weighted by Gasteiger charge is -2.30. The standard InChI is InChI=1S/C29H23FN6/c30-22-7-2-6-21(13-22)24-15-31-16-26-27(24)33-29(32-26)28-23-14-20(8-9-25(23)34-35-28)19-5-1-4-18(12-19)17-36-10-3-11-36/h1-2,4-9,12-16H,3,10-11,17H2,(H,32,33)(H,34,35). The van der Waals surface area contributed by atoms with Gasteiger partial charge in [0, 0.05) is 23.7 Å². The van der Waals surface area contributed by atoms with E-state index in [0.29, 0.717) is 5.82 Å². The number of hydrogen-bond donors (Lipinski definition) is 2. The van der Waals surface area contributed by atoms with Crippen LogP contribution in [0.3, 0.4) is 0 Å². The van der Waals surface area contributed by atoms with Crippen LogP contribution in [0.15, 0.2) is 79.1 Å². The molecule has 176 valence electrons. The van der Waals surface area contributed by atoms with Gasteiger partial charge in [0.1, 0.15) is 11.5 Å². The Morgan fingerprint density at radius 2 is 1.72 bits per heavy atom. The van der Waals surface area contributed by atoms with E-state index >= 15 is 0 Å². The maximum absolute atomic E-state index is 13.9. The minimum Gasteiger partial charge on any atom is -0.335 e. The number of H-pyrrole nitrogens is 2. The Morgan fingerprint density at radius 1 is 0.861 bits per heavy atom. The highest BCUT2D eigenvalue weighted by Gasteiger charge is 2.17. The van der Waals surface area contributed by atoms with E-state index in [9.17, 15) is 4.39 Å². The minimum absolute atomic E-state index is 0.292. The van der Waals surface area contributed by atoms with E-state index < -0.39 is 0 Å². The summed E-state index contributed by atoms with van der Waals surface area (Å²) in [5.41, 5.74) is 8.34. The zero-order chi connectivity index (χ0) is 24.1. The Balaban J connectivity index is 1.30. The van der Waals surface area contributed by atoms with E-state index in [0.717, 1.165) is 50.9 Å². The molecule has 0 amide bonds. The first-order valence-electron chi connectivity index (χ1n) is 12.1. The summed E-state index contributed by atoms with van der Waals surface area (Å²) >= 11 is 0. The average molecular weight is 475 g/mol. The van der Waals surface area contributed by atoms with Gasteiger partial charge in [0.05, 0.1) is 22.7 Å². The van der Waals surface area contributed by atoms with Gasteiger partial charge >= 0.3 is 0 Å². The Morgan fingerprint density at radius 3 is 2.58 bits per heavy atom. The van der Waals surface area contributed by atoms with Crippen LogP contribution < -0.4 is 0 Å². The lowest BCUT2D eigenvalue weighted by Crippen LogP contribution is -2.36. The summed E-state index contributed by atoms with van der Waals surface area (Å²) in [6, 6.07) is 21.6. The molecule has 6 aromatic rings. The fourth-order valence-electron chi connectivity index (χ4n) is 4.93. The fourth-order valence-corrected chi connectivity index (χ4v) is 4.93. The Labute approximate surface area is 206 Å². The molecule has 7 rings (SSSR count). The topological polar surface area (TPSA) is 73.5 Å². The van der Waals surface area contributed by atoms with Gasteiger partial charge in [-0.05, 0) is 72.1 Å². The van der Waals surface area contributed by atoms with E-state index in [1.165, 1.54) is 42.8 Å². The van der Waals surface area contributed by atoms with E-state index in [1.54, 1.807) is 18.5 Å². The first-order chi connectivity index (χ1) is 17.7. The molecule has 6 nitrogen and oxygen atoms in total. The number of nitrogens with zero attached hydrogens (tertiary/aromatic N) is 4. The largest absolute Gasteiger partial charge is 0.335 e. The molecule has 0 bridgehead atoms. The van der Waals surface area contributed by atoms with Crippen molar-refractivity contribution in [2.24, 2.45) is 0 Å². The minimum atomic E-state index is -0.292. The molecule has 36 heavy (non-hydrogen) atoms. The predicted molar refractivity (Wildman–Crippen MR) is 140 cm³/mol. The van der Waals surface area contributed by atoms with Gasteiger partial charge in [-0.3, -0.25) is 15.0 Å². The van der Waals surface area contributed by atoms with Crippen molar-refractivity contribution in [3.8, 4) is 33.8 Å². The molecule has 1 fully saturated rings. The second-order valence-electron chi connectivity index (χ2n) is 9.34. The third-order valence-electron chi connectivity index (χ3n) is 6.93. The van der Waals surface area contributed by atoms with Gasteiger partial charge in [-0.2, -0.15) is 5.10 Å². The van der Waals surface area contributed by atoms with Crippen LogP contribution in [-0.4, -0.2) is 43.1 Å². The summed E-state index contributed by atoms with van der Waals surface area (Å²) in [6.45, 7) is 3.36. The quantitative estimate of drug-likeness (QED) is 0.313. The van der Waals surface area contributed by atoms with Crippen LogP contribution in [0.2, 0.25) is 0 Å². The van der Waals surface area contributed by atoms with Gasteiger partial charge in [0.15, 0.2) is 5.82 Å². The van der Waals surface area contributed by atoms with Crippen molar-refractivity contribution in [1.29, 1.82) is 0 Å². The summed E-state index contributed by atoms with van der Waals surface area (Å²) in [7, 11) is 0. The second-order valence-corrected chi connectivity index (χ2v) is 9.34. The van der Waals surface area contributed by atoms with Crippen LogP contribution in [0.5, 0.6) is 0 Å². The van der Waals surface area contributed by atoms with Crippen LogP contribution in [0.1, 0.15) is 12.0 Å². The molecule has 0 spiro atoms. The molecular weight excluding hydrogens is 451 g/mol. The lowest BCUT2D eigenvalue weighted by molar-refractivity contribution is 0.172. The highest BCUT2D eigenvalue weighted by Crippen LogP contribution is 2.33. The van der Waals surface area contributed by atoms with E-state index in [-0.39, 0.29) is 5.82 Å². The molecule has 7 heteroatoms. The van der Waals surface area contributed by atoms with Crippen molar-refractivity contribution in [3.63, 3.8) is 0 Å². The number of pyridine rings is 1. The summed E-state index contributed by atoms with van der Waals surface area (Å²) in [6.07, 6.45) is 4.75. The van der Waals surface area contributed by atoms with Crippen molar-refractivity contribution < 1.29 is 4.39 Å². The van der Waals surface area contributed by atoms with Gasteiger partial charge in [0.2, 0.25) is 0 Å². The van der Waals surface area contributed by atoms with Crippen molar-refractivity contribution in [2.75, 3.05) is 13.1 Å². The van der Waals surface area contributed by atoms with Crippen molar-refractivity contribution in [3.05, 3.63) is 90.5 Å². The number of aromatic nitrogens is 5. The van der Waals surface area contributed by atoms with Gasteiger partial charge < -0.3 is 4.98 Å². The van der Waals surface area contributed by atoms with E-state index in [1.807, 2.05) is 6.07 Å². The number of nitrogens with one attached hydrogen (secondary N) is 2. The molecule has 3 aromatic carbocycles. The number of aromatic amines is 2. The van der Waals surface area contributed by atoms with Gasteiger partial charge in [-0.15, -0.1) is 0 Å². The monoisotopic (exact) mass is 474 g/mol. The first kappa shape index (κ1) is 21.0. The zero-order valence-electron chi connectivity index (χ0n) is 19.5. The second kappa shape index (κ2) is 8.39. The molecule has 2 N–H and O–H groups in total. The number of rotatable bonds is 5. The maximum atomic E-state index is 13.9. The van der Waals surface area contributed by atoms with Crippen LogP contribution in [0.4, 0.5) is 4.39 Å². The molecule has 0 saturated carbocycles. The smallest absolute Gasteiger partial charge is 0.159 e. The molecular formula is C29H23FN6. The van der Waals surface area contributed by atoms with Crippen LogP contribution in [-0.2, 0) is 6.54 Å². The van der Waals surface area contributed by atoms with Crippen molar-refractivity contribution in [2.45, 2.75) is 13.0 Å². The van der Waals surface area contributed by atoms with Gasteiger partial charge in [-0.25, -0.2) is 9.37 Å². The number of likely N-dealkylation sites (tertiary alicyclic amines) is 1. The average Bonchev–Trinajstić information content (AvgIpc) is 3.50. The zero-order valence-corrected chi connectivity index (χ0v) is 19.5. The summed E-state index contributed by atoms with van der Waals surface area (Å²) in [5.74, 6) is 0.352. The molecule has 1 aliphatic rings. The molecule has 4 heterocycles. The van der Waals surface area contributed by atoms with Crippen molar-refractivity contribution in [1.82, 2.24) is 30.0 Å². The Bertz CT molecular complexity index is 1730. The van der Waals surface area contributed by atoms with Crippen LogP contribution in [0.25, 0.3) is 55.7 Å². The third kappa shape index (κ3) is 3.65. The maximum Gasteiger partial charge on any atom is 0.159 e. The van der Waals surface area contributed by atoms with Crippen LogP contribution in [0, 0.1) is 5.82 Å². The number of fused-ring (bicyclic) bond motifs is 2. The fraction of sp³-hybridized carbons (Fsp3) is 0.138. The van der Waals surface area contributed by atoms with Gasteiger partial charge in [0.25, 0.3) is 0 Å². The van der Waals surface area contributed by atoms with Crippen molar-refractivity contribution >= 4 is 21.9 Å². The Hall–Kier alpha value is -4.36. The molecule has 0 aliphatic carbocycles. The number of imidazole rings is 1. The van der Waals surface area contributed by atoms with E-state index in [4.69, 9.17) is 4.98 Å². The summed E-state index contributed by atoms with van der Waals surface area (Å²) in [4.78, 5) is 15.0. The molecule has 0 radical (unpaired) electrons. The predicted octanol–water partition coefficient (Wildman–Crippen LogP) is 6.18. The number of hydrogen-bond acceptors (Lipinski definition) is 4. The molecule has 1 saturated heterocycles. The van der Waals surface area contributed by atoms with E-state index in [2.05, 4.69) is 67.5 Å². The first-order valence-corrected chi connectivity index (χ1v) is 12.1. The van der Waals surface area contributed by atoms with Crippen LogP contribution >= 0.6 is 0 Å².